The minimum atomic E-state index is -3.81. The fraction of sp³-hybridized carbons (Fsp3) is 0.600. The minimum Gasteiger partial charge on any atom is -0.468 e. The van der Waals surface area contributed by atoms with E-state index in [1.807, 2.05) is 6.92 Å². The van der Waals surface area contributed by atoms with Crippen LogP contribution in [-0.2, 0) is 26.1 Å². The number of nitrogens with zero attached hydrogens (tertiary/aromatic N) is 2. The number of methoxy groups -OCH3 is 1. The van der Waals surface area contributed by atoms with Crippen molar-refractivity contribution in [1.82, 2.24) is 14.3 Å². The second-order valence-corrected chi connectivity index (χ2v) is 5.44. The van der Waals surface area contributed by atoms with E-state index >= 15 is 0 Å². The highest BCUT2D eigenvalue weighted by atomic mass is 32.2. The Morgan fingerprint density at radius 3 is 2.67 bits per heavy atom. The van der Waals surface area contributed by atoms with Crippen LogP contribution in [0.2, 0.25) is 0 Å². The Kier molecular flexibility index (Phi) is 4.47. The first-order valence-corrected chi connectivity index (χ1v) is 6.94. The lowest BCUT2D eigenvalue weighted by molar-refractivity contribution is -0.142. The minimum absolute atomic E-state index is 0.0994. The van der Waals surface area contributed by atoms with E-state index in [1.54, 1.807) is 11.5 Å². The summed E-state index contributed by atoms with van der Waals surface area (Å²) in [6.07, 6.45) is 1.43. The van der Waals surface area contributed by atoms with Crippen LogP contribution in [0.15, 0.2) is 11.2 Å². The Morgan fingerprint density at radius 1 is 1.61 bits per heavy atom. The van der Waals surface area contributed by atoms with E-state index in [4.69, 9.17) is 0 Å². The van der Waals surface area contributed by atoms with E-state index in [0.717, 1.165) is 0 Å². The SMILES string of the molecule is CCn1cc(S(=O)(=O)NC(C)C(=O)OC)nc1C. The normalized spacial score (nSPS) is 13.3. The van der Waals surface area contributed by atoms with Crippen molar-refractivity contribution >= 4 is 16.0 Å². The number of hydrogen-bond acceptors (Lipinski definition) is 5. The molecule has 0 amide bonds. The summed E-state index contributed by atoms with van der Waals surface area (Å²) in [6.45, 7) is 5.63. The number of aromatic nitrogens is 2. The molecule has 0 aromatic carbocycles. The first-order chi connectivity index (χ1) is 8.31. The monoisotopic (exact) mass is 275 g/mol. The fourth-order valence-electron chi connectivity index (χ4n) is 1.45. The van der Waals surface area contributed by atoms with Crippen molar-refractivity contribution in [2.24, 2.45) is 0 Å². The van der Waals surface area contributed by atoms with Gasteiger partial charge in [-0.3, -0.25) is 4.79 Å². The van der Waals surface area contributed by atoms with Gasteiger partial charge in [-0.1, -0.05) is 0 Å². The molecule has 18 heavy (non-hydrogen) atoms. The number of ether oxygens (including phenoxy) is 1. The van der Waals surface area contributed by atoms with Crippen molar-refractivity contribution in [1.29, 1.82) is 0 Å². The molecule has 1 N–H and O–H groups in total. The van der Waals surface area contributed by atoms with Gasteiger partial charge in [-0.2, -0.15) is 4.72 Å². The van der Waals surface area contributed by atoms with Crippen LogP contribution in [0, 0.1) is 6.92 Å². The number of imidazole rings is 1. The lowest BCUT2D eigenvalue weighted by Crippen LogP contribution is -2.39. The number of aryl methyl sites for hydroxylation is 2. The molecule has 1 aromatic rings. The summed E-state index contributed by atoms with van der Waals surface area (Å²) >= 11 is 0. The predicted molar refractivity (Wildman–Crippen MR) is 64.4 cm³/mol. The molecule has 0 saturated heterocycles. The Labute approximate surface area is 106 Å². The summed E-state index contributed by atoms with van der Waals surface area (Å²) in [4.78, 5) is 15.1. The maximum Gasteiger partial charge on any atom is 0.323 e. The van der Waals surface area contributed by atoms with Crippen LogP contribution >= 0.6 is 0 Å². The van der Waals surface area contributed by atoms with Gasteiger partial charge in [-0.25, -0.2) is 13.4 Å². The average Bonchev–Trinajstić information content (AvgIpc) is 2.69. The van der Waals surface area contributed by atoms with Crippen LogP contribution in [0.3, 0.4) is 0 Å². The molecule has 0 bridgehead atoms. The topological polar surface area (TPSA) is 90.3 Å². The summed E-state index contributed by atoms with van der Waals surface area (Å²) in [5, 5.41) is -0.0994. The maximum atomic E-state index is 11.9. The van der Waals surface area contributed by atoms with Gasteiger partial charge in [0, 0.05) is 12.7 Å². The molecular weight excluding hydrogens is 258 g/mol. The van der Waals surface area contributed by atoms with Gasteiger partial charge >= 0.3 is 5.97 Å². The molecule has 0 aliphatic carbocycles. The van der Waals surface area contributed by atoms with Crippen LogP contribution in [0.1, 0.15) is 19.7 Å². The van der Waals surface area contributed by atoms with Crippen molar-refractivity contribution in [2.75, 3.05) is 7.11 Å². The van der Waals surface area contributed by atoms with Crippen molar-refractivity contribution in [2.45, 2.75) is 38.4 Å². The van der Waals surface area contributed by atoms with Crippen LogP contribution in [0.4, 0.5) is 0 Å². The molecule has 1 unspecified atom stereocenters. The molecule has 1 atom stereocenters. The highest BCUT2D eigenvalue weighted by Gasteiger charge is 2.25. The van der Waals surface area contributed by atoms with Crippen LogP contribution in [-0.4, -0.2) is 37.1 Å². The summed E-state index contributed by atoms with van der Waals surface area (Å²) in [6, 6.07) is -0.952. The van der Waals surface area contributed by atoms with Gasteiger partial charge in [0.25, 0.3) is 10.0 Å². The van der Waals surface area contributed by atoms with E-state index < -0.39 is 22.0 Å². The van der Waals surface area contributed by atoms with Gasteiger partial charge in [0.15, 0.2) is 5.03 Å². The van der Waals surface area contributed by atoms with Crippen molar-refractivity contribution in [3.63, 3.8) is 0 Å². The standard InChI is InChI=1S/C10H17N3O4S/c1-5-13-6-9(11-8(13)3)18(15,16)12-7(2)10(14)17-4/h6-7,12H,5H2,1-4H3. The number of rotatable bonds is 5. The Bertz CT molecular complexity index is 535. The zero-order valence-electron chi connectivity index (χ0n) is 10.8. The van der Waals surface area contributed by atoms with Gasteiger partial charge in [0.1, 0.15) is 11.9 Å². The number of esters is 1. The molecule has 0 spiro atoms. The van der Waals surface area contributed by atoms with Crippen molar-refractivity contribution in [3.8, 4) is 0 Å². The highest BCUT2D eigenvalue weighted by molar-refractivity contribution is 7.89. The molecule has 7 nitrogen and oxygen atoms in total. The molecule has 0 radical (unpaired) electrons. The van der Waals surface area contributed by atoms with Gasteiger partial charge in [-0.15, -0.1) is 0 Å². The lowest BCUT2D eigenvalue weighted by Gasteiger charge is -2.10. The zero-order valence-corrected chi connectivity index (χ0v) is 11.6. The van der Waals surface area contributed by atoms with E-state index in [9.17, 15) is 13.2 Å². The maximum absolute atomic E-state index is 11.9. The third kappa shape index (κ3) is 3.08. The zero-order chi connectivity index (χ0) is 13.9. The quantitative estimate of drug-likeness (QED) is 0.767. The van der Waals surface area contributed by atoms with Crippen LogP contribution in [0.5, 0.6) is 0 Å². The van der Waals surface area contributed by atoms with Crippen LogP contribution < -0.4 is 4.72 Å². The number of sulfonamides is 1. The van der Waals surface area contributed by atoms with E-state index in [1.165, 1.54) is 20.2 Å². The summed E-state index contributed by atoms with van der Waals surface area (Å²) in [5.74, 6) is -0.0474. The molecule has 8 heteroatoms. The molecule has 1 heterocycles. The highest BCUT2D eigenvalue weighted by Crippen LogP contribution is 2.09. The van der Waals surface area contributed by atoms with Gasteiger partial charge in [0.2, 0.25) is 0 Å². The summed E-state index contributed by atoms with van der Waals surface area (Å²) in [7, 11) is -2.61. The number of carbonyl (C=O) groups is 1. The molecular formula is C10H17N3O4S. The average molecular weight is 275 g/mol. The van der Waals surface area contributed by atoms with Gasteiger partial charge in [0.05, 0.1) is 7.11 Å². The Balaban J connectivity index is 2.96. The molecule has 1 rings (SSSR count). The summed E-state index contributed by atoms with van der Waals surface area (Å²) in [5.41, 5.74) is 0. The Hall–Kier alpha value is -1.41. The first-order valence-electron chi connectivity index (χ1n) is 5.45. The van der Waals surface area contributed by atoms with E-state index in [0.29, 0.717) is 12.4 Å². The van der Waals surface area contributed by atoms with E-state index in [2.05, 4.69) is 14.4 Å². The third-order valence-electron chi connectivity index (χ3n) is 2.46. The molecule has 1 aromatic heterocycles. The van der Waals surface area contributed by atoms with Crippen LogP contribution in [0.25, 0.3) is 0 Å². The van der Waals surface area contributed by atoms with Crippen molar-refractivity contribution < 1.29 is 17.9 Å². The second-order valence-electron chi connectivity index (χ2n) is 3.78. The number of carbonyl (C=O) groups excluding carboxylic acids is 1. The lowest BCUT2D eigenvalue weighted by atomic mass is 10.4. The molecule has 0 aliphatic heterocycles. The molecule has 0 aliphatic rings. The van der Waals surface area contributed by atoms with Gasteiger partial charge < -0.3 is 9.30 Å². The number of nitrogens with one attached hydrogen (secondary N) is 1. The number of hydrogen-bond donors (Lipinski definition) is 1. The molecule has 0 saturated carbocycles. The van der Waals surface area contributed by atoms with E-state index in [-0.39, 0.29) is 5.03 Å². The largest absolute Gasteiger partial charge is 0.468 e. The predicted octanol–water partition coefficient (Wildman–Crippen LogP) is 0.0512. The first kappa shape index (κ1) is 14.7. The third-order valence-corrected chi connectivity index (χ3v) is 3.87. The molecule has 0 fully saturated rings. The van der Waals surface area contributed by atoms with Gasteiger partial charge in [-0.05, 0) is 20.8 Å². The Morgan fingerprint density at radius 2 is 2.22 bits per heavy atom. The fourth-order valence-corrected chi connectivity index (χ4v) is 2.65. The second kappa shape index (κ2) is 5.49. The smallest absolute Gasteiger partial charge is 0.323 e. The summed E-state index contributed by atoms with van der Waals surface area (Å²) < 4.78 is 32.3. The molecule has 102 valence electrons. The van der Waals surface area contributed by atoms with Crippen molar-refractivity contribution in [3.05, 3.63) is 12.0 Å².